The maximum absolute atomic E-state index is 13.6. The highest BCUT2D eigenvalue weighted by Crippen LogP contribution is 2.26. The number of rotatable bonds is 1. The molecule has 0 saturated carbocycles. The van der Waals surface area contributed by atoms with Crippen LogP contribution in [-0.2, 0) is 7.05 Å². The Morgan fingerprint density at radius 3 is 2.38 bits per heavy atom. The molecule has 84 valence electrons. The summed E-state index contributed by atoms with van der Waals surface area (Å²) < 4.78 is 29.1. The lowest BCUT2D eigenvalue weighted by Gasteiger charge is -2.02. The molecule has 0 aliphatic rings. The van der Waals surface area contributed by atoms with E-state index in [1.165, 1.54) is 16.8 Å². The third kappa shape index (κ3) is 1.92. The predicted octanol–water partition coefficient (Wildman–Crippen LogP) is 3.19. The zero-order chi connectivity index (χ0) is 11.9. The molecule has 7 heteroatoms. The van der Waals surface area contributed by atoms with E-state index >= 15 is 0 Å². The van der Waals surface area contributed by atoms with Crippen molar-refractivity contribution >= 4 is 28.1 Å². The normalized spacial score (nSPS) is 10.8. The molecule has 0 amide bonds. The summed E-state index contributed by atoms with van der Waals surface area (Å²) in [7, 11) is 1.62. The number of H-pyrrole nitrogens is 1. The van der Waals surface area contributed by atoms with Gasteiger partial charge < -0.3 is 0 Å². The number of aromatic amines is 1. The van der Waals surface area contributed by atoms with Crippen LogP contribution in [0.1, 0.15) is 0 Å². The maximum atomic E-state index is 13.6. The van der Waals surface area contributed by atoms with Crippen molar-refractivity contribution in [3.63, 3.8) is 0 Å². The fourth-order valence-corrected chi connectivity index (χ4v) is 1.82. The van der Waals surface area contributed by atoms with Crippen LogP contribution in [0.15, 0.2) is 16.6 Å². The number of benzene rings is 1. The van der Waals surface area contributed by atoms with Crippen LogP contribution in [0.3, 0.4) is 0 Å². The molecule has 16 heavy (non-hydrogen) atoms. The van der Waals surface area contributed by atoms with E-state index in [0.717, 1.165) is 0 Å². The molecule has 2 aromatic rings. The molecule has 2 rings (SSSR count). The molecule has 1 aromatic carbocycles. The highest BCUT2D eigenvalue weighted by Gasteiger charge is 2.15. The van der Waals surface area contributed by atoms with Gasteiger partial charge in [0.2, 0.25) is 4.77 Å². The van der Waals surface area contributed by atoms with Crippen molar-refractivity contribution in [1.82, 2.24) is 14.8 Å². The average molecular weight is 306 g/mol. The first kappa shape index (κ1) is 11.4. The fourth-order valence-electron chi connectivity index (χ4n) is 1.28. The Labute approximate surface area is 103 Å². The molecule has 0 aliphatic carbocycles. The predicted molar refractivity (Wildman–Crippen MR) is 61.4 cm³/mol. The summed E-state index contributed by atoms with van der Waals surface area (Å²) >= 11 is 7.86. The van der Waals surface area contributed by atoms with E-state index in [2.05, 4.69) is 26.0 Å². The number of aryl methyl sites for hydroxylation is 1. The van der Waals surface area contributed by atoms with Crippen molar-refractivity contribution in [2.45, 2.75) is 0 Å². The van der Waals surface area contributed by atoms with Crippen LogP contribution in [0, 0.1) is 16.4 Å². The van der Waals surface area contributed by atoms with Gasteiger partial charge in [-0.05, 0) is 24.4 Å². The largest absolute Gasteiger partial charge is 0.279 e. The van der Waals surface area contributed by atoms with Gasteiger partial charge in [0.1, 0.15) is 11.6 Å². The zero-order valence-electron chi connectivity index (χ0n) is 8.09. The number of aromatic nitrogens is 3. The van der Waals surface area contributed by atoms with E-state index in [-0.39, 0.29) is 16.2 Å². The molecule has 0 fully saturated rings. The van der Waals surface area contributed by atoms with Crippen LogP contribution in [0.25, 0.3) is 11.4 Å². The molecule has 0 spiro atoms. The Kier molecular flexibility index (Phi) is 2.90. The molecule has 3 nitrogen and oxygen atoms in total. The second kappa shape index (κ2) is 4.06. The minimum atomic E-state index is -0.698. The third-order valence-electron chi connectivity index (χ3n) is 2.01. The van der Waals surface area contributed by atoms with Crippen molar-refractivity contribution in [2.75, 3.05) is 0 Å². The second-order valence-corrected chi connectivity index (χ2v) is 4.44. The summed E-state index contributed by atoms with van der Waals surface area (Å²) in [5.74, 6) is -1.32. The number of hydrogen-bond acceptors (Lipinski definition) is 2. The van der Waals surface area contributed by atoms with E-state index in [0.29, 0.717) is 4.47 Å². The maximum Gasteiger partial charge on any atom is 0.216 e. The summed E-state index contributed by atoms with van der Waals surface area (Å²) in [6.45, 7) is 0. The van der Waals surface area contributed by atoms with Crippen LogP contribution < -0.4 is 0 Å². The van der Waals surface area contributed by atoms with Crippen molar-refractivity contribution in [1.29, 1.82) is 0 Å². The molecular weight excluding hydrogens is 300 g/mol. The summed E-state index contributed by atoms with van der Waals surface area (Å²) in [5, 5.41) is 2.67. The van der Waals surface area contributed by atoms with Crippen molar-refractivity contribution in [2.24, 2.45) is 7.05 Å². The van der Waals surface area contributed by atoms with Gasteiger partial charge in [-0.25, -0.2) is 8.78 Å². The lowest BCUT2D eigenvalue weighted by atomic mass is 10.2. The van der Waals surface area contributed by atoms with Crippen LogP contribution in [-0.4, -0.2) is 14.8 Å². The van der Waals surface area contributed by atoms with Gasteiger partial charge in [0, 0.05) is 11.5 Å². The van der Waals surface area contributed by atoms with Gasteiger partial charge >= 0.3 is 0 Å². The Morgan fingerprint density at radius 1 is 1.38 bits per heavy atom. The Bertz CT molecular complexity index is 582. The van der Waals surface area contributed by atoms with Gasteiger partial charge in [-0.2, -0.15) is 4.98 Å². The number of hydrogen-bond donors (Lipinski definition) is 1. The van der Waals surface area contributed by atoms with Crippen LogP contribution in [0.5, 0.6) is 0 Å². The molecule has 0 aliphatic heterocycles. The zero-order valence-corrected chi connectivity index (χ0v) is 10.5. The van der Waals surface area contributed by atoms with Gasteiger partial charge in [-0.1, -0.05) is 15.9 Å². The summed E-state index contributed by atoms with van der Waals surface area (Å²) in [6, 6.07) is 2.34. The van der Waals surface area contributed by atoms with E-state index < -0.39 is 11.6 Å². The quantitative estimate of drug-likeness (QED) is 0.821. The first-order chi connectivity index (χ1) is 7.49. The van der Waals surface area contributed by atoms with E-state index in [1.807, 2.05) is 0 Å². The second-order valence-electron chi connectivity index (χ2n) is 3.16. The van der Waals surface area contributed by atoms with Crippen LogP contribution >= 0.6 is 28.1 Å². The minimum absolute atomic E-state index is 0.0787. The highest BCUT2D eigenvalue weighted by atomic mass is 79.9. The smallest absolute Gasteiger partial charge is 0.216 e. The monoisotopic (exact) mass is 305 g/mol. The van der Waals surface area contributed by atoms with Crippen molar-refractivity contribution in [3.8, 4) is 11.4 Å². The fraction of sp³-hybridized carbons (Fsp3) is 0.111. The van der Waals surface area contributed by atoms with E-state index in [1.54, 1.807) is 7.05 Å². The van der Waals surface area contributed by atoms with Gasteiger partial charge in [-0.15, -0.1) is 0 Å². The average Bonchev–Trinajstić information content (AvgIpc) is 2.44. The number of halogens is 3. The van der Waals surface area contributed by atoms with Gasteiger partial charge in [0.25, 0.3) is 0 Å². The molecule has 0 unspecified atom stereocenters. The summed E-state index contributed by atoms with van der Waals surface area (Å²) in [4.78, 5) is 3.86. The standard InChI is InChI=1S/C9H6BrF2N3S/c1-15-9(16)13-8(14-15)7-5(11)2-4(10)3-6(7)12/h2-3H,1H3,(H,13,14,16). The van der Waals surface area contributed by atoms with E-state index in [9.17, 15) is 8.78 Å². The summed E-state index contributed by atoms with van der Waals surface area (Å²) in [6.07, 6.45) is 0. The molecule has 1 aromatic heterocycles. The molecule has 0 atom stereocenters. The summed E-state index contributed by atoms with van der Waals surface area (Å²) in [5.41, 5.74) is -0.213. The Balaban J connectivity index is 2.69. The van der Waals surface area contributed by atoms with Crippen LogP contribution in [0.4, 0.5) is 8.78 Å². The Hall–Kier alpha value is -1.08. The number of nitrogens with one attached hydrogen (secondary N) is 1. The molecule has 0 saturated heterocycles. The molecule has 0 bridgehead atoms. The lowest BCUT2D eigenvalue weighted by Crippen LogP contribution is -1.94. The molecular formula is C9H6BrF2N3S. The highest BCUT2D eigenvalue weighted by molar-refractivity contribution is 9.10. The van der Waals surface area contributed by atoms with Gasteiger partial charge in [-0.3, -0.25) is 9.78 Å². The van der Waals surface area contributed by atoms with Crippen molar-refractivity contribution in [3.05, 3.63) is 33.0 Å². The lowest BCUT2D eigenvalue weighted by molar-refractivity contribution is 0.585. The third-order valence-corrected chi connectivity index (χ3v) is 2.83. The molecule has 1 N–H and O–H groups in total. The first-order valence-corrected chi connectivity index (χ1v) is 5.47. The first-order valence-electron chi connectivity index (χ1n) is 4.27. The number of nitrogens with zero attached hydrogens (tertiary/aromatic N) is 2. The van der Waals surface area contributed by atoms with Gasteiger partial charge in [0.05, 0.1) is 5.56 Å². The topological polar surface area (TPSA) is 33.6 Å². The van der Waals surface area contributed by atoms with E-state index in [4.69, 9.17) is 12.2 Å². The van der Waals surface area contributed by atoms with Crippen LogP contribution in [0.2, 0.25) is 0 Å². The van der Waals surface area contributed by atoms with Gasteiger partial charge in [0.15, 0.2) is 5.82 Å². The molecule has 0 radical (unpaired) electrons. The minimum Gasteiger partial charge on any atom is -0.279 e. The van der Waals surface area contributed by atoms with Crippen molar-refractivity contribution < 1.29 is 8.78 Å². The SMILES string of the molecule is Cn1[nH]c(-c2c(F)cc(Br)cc2F)nc1=S. The molecule has 1 heterocycles. The Morgan fingerprint density at radius 2 is 1.94 bits per heavy atom.